The molecule has 2 aromatic rings. The summed E-state index contributed by atoms with van der Waals surface area (Å²) in [5, 5.41) is 0. The van der Waals surface area contributed by atoms with Gasteiger partial charge in [-0.1, -0.05) is 42.5 Å². The Kier molecular flexibility index (Phi) is 4.31. The molecule has 3 heteroatoms. The molecule has 0 atom stereocenters. The predicted molar refractivity (Wildman–Crippen MR) is 75.5 cm³/mol. The topological polar surface area (TPSA) is 52.3 Å². The summed E-state index contributed by atoms with van der Waals surface area (Å²) >= 11 is 0. The van der Waals surface area contributed by atoms with Crippen molar-refractivity contribution in [3.05, 3.63) is 59.7 Å². The normalized spacial score (nSPS) is 10.2. The first-order valence-electron chi connectivity index (χ1n) is 6.18. The van der Waals surface area contributed by atoms with Crippen molar-refractivity contribution in [2.45, 2.75) is 13.0 Å². The number of hydrogen-bond acceptors (Lipinski definition) is 3. The lowest BCUT2D eigenvalue weighted by Crippen LogP contribution is -2.04. The van der Waals surface area contributed by atoms with E-state index in [2.05, 4.69) is 16.9 Å². The molecule has 0 bridgehead atoms. The van der Waals surface area contributed by atoms with Crippen molar-refractivity contribution in [2.24, 2.45) is 5.73 Å². The molecule has 19 heavy (non-hydrogen) atoms. The first-order chi connectivity index (χ1) is 9.22. The maximum Gasteiger partial charge on any atom is 0.309 e. The lowest BCUT2D eigenvalue weighted by molar-refractivity contribution is -0.139. The molecule has 0 saturated heterocycles. The first kappa shape index (κ1) is 13.3. The second-order valence-corrected chi connectivity index (χ2v) is 4.35. The molecule has 2 N–H and O–H groups in total. The van der Waals surface area contributed by atoms with Crippen molar-refractivity contribution >= 4 is 5.97 Å². The van der Waals surface area contributed by atoms with E-state index < -0.39 is 0 Å². The zero-order chi connectivity index (χ0) is 13.7. The number of ether oxygens (including phenoxy) is 1. The Hall–Kier alpha value is -2.13. The minimum absolute atomic E-state index is 0.224. The Labute approximate surface area is 113 Å². The van der Waals surface area contributed by atoms with E-state index in [9.17, 15) is 4.79 Å². The van der Waals surface area contributed by atoms with Crippen LogP contribution in [0.3, 0.4) is 0 Å². The van der Waals surface area contributed by atoms with E-state index in [0.29, 0.717) is 13.0 Å². The summed E-state index contributed by atoms with van der Waals surface area (Å²) in [6.45, 7) is 0.536. The van der Waals surface area contributed by atoms with Crippen molar-refractivity contribution in [1.82, 2.24) is 0 Å². The minimum Gasteiger partial charge on any atom is -0.469 e. The molecule has 3 nitrogen and oxygen atoms in total. The Morgan fingerprint density at radius 1 is 1.05 bits per heavy atom. The summed E-state index contributed by atoms with van der Waals surface area (Å²) in [5.74, 6) is -0.224. The standard InChI is InChI=1S/C16H17NO2/c1-19-16(18)10-12-5-7-14(8-6-12)15-4-2-3-13(9-15)11-17/h2-9H,10-11,17H2,1H3. The van der Waals surface area contributed by atoms with Gasteiger partial charge in [0.2, 0.25) is 0 Å². The molecule has 0 aliphatic carbocycles. The van der Waals surface area contributed by atoms with Gasteiger partial charge in [0, 0.05) is 6.54 Å². The molecule has 0 aliphatic rings. The van der Waals surface area contributed by atoms with E-state index in [1.165, 1.54) is 7.11 Å². The number of benzene rings is 2. The molecule has 98 valence electrons. The van der Waals surface area contributed by atoms with Crippen LogP contribution < -0.4 is 5.73 Å². The fourth-order valence-corrected chi connectivity index (χ4v) is 1.93. The SMILES string of the molecule is COC(=O)Cc1ccc(-c2cccc(CN)c2)cc1. The third-order valence-electron chi connectivity index (χ3n) is 3.03. The average molecular weight is 255 g/mol. The summed E-state index contributed by atoms with van der Waals surface area (Å²) in [6, 6.07) is 16.0. The molecular weight excluding hydrogens is 238 g/mol. The van der Waals surface area contributed by atoms with E-state index in [1.807, 2.05) is 36.4 Å². The number of carbonyl (C=O) groups excluding carboxylic acids is 1. The van der Waals surface area contributed by atoms with Crippen LogP contribution in [0.25, 0.3) is 11.1 Å². The smallest absolute Gasteiger partial charge is 0.309 e. The molecular formula is C16H17NO2. The number of rotatable bonds is 4. The maximum atomic E-state index is 11.2. The largest absolute Gasteiger partial charge is 0.469 e. The van der Waals surface area contributed by atoms with Crippen LogP contribution >= 0.6 is 0 Å². The van der Waals surface area contributed by atoms with Gasteiger partial charge >= 0.3 is 5.97 Å². The lowest BCUT2D eigenvalue weighted by Gasteiger charge is -2.05. The minimum atomic E-state index is -0.224. The fraction of sp³-hybridized carbons (Fsp3) is 0.188. The van der Waals surface area contributed by atoms with Crippen LogP contribution in [0, 0.1) is 0 Å². The van der Waals surface area contributed by atoms with Crippen molar-refractivity contribution in [1.29, 1.82) is 0 Å². The quantitative estimate of drug-likeness (QED) is 0.854. The van der Waals surface area contributed by atoms with Gasteiger partial charge in [0.05, 0.1) is 13.5 Å². The summed E-state index contributed by atoms with van der Waals surface area (Å²) in [6.07, 6.45) is 0.305. The highest BCUT2D eigenvalue weighted by molar-refractivity contribution is 5.73. The maximum absolute atomic E-state index is 11.2. The van der Waals surface area contributed by atoms with E-state index in [0.717, 1.165) is 22.3 Å². The summed E-state index contributed by atoms with van der Waals surface area (Å²) in [4.78, 5) is 11.2. The van der Waals surface area contributed by atoms with Gasteiger partial charge in [0.15, 0.2) is 0 Å². The van der Waals surface area contributed by atoms with Gasteiger partial charge in [-0.25, -0.2) is 0 Å². The van der Waals surface area contributed by atoms with Gasteiger partial charge in [-0.3, -0.25) is 4.79 Å². The molecule has 0 fully saturated rings. The molecule has 0 saturated carbocycles. The Morgan fingerprint density at radius 2 is 1.79 bits per heavy atom. The van der Waals surface area contributed by atoms with Crippen LogP contribution in [0.15, 0.2) is 48.5 Å². The highest BCUT2D eigenvalue weighted by atomic mass is 16.5. The van der Waals surface area contributed by atoms with Crippen LogP contribution in [0.4, 0.5) is 0 Å². The first-order valence-corrected chi connectivity index (χ1v) is 6.18. The molecule has 2 rings (SSSR count). The predicted octanol–water partition coefficient (Wildman–Crippen LogP) is 2.53. The average Bonchev–Trinajstić information content (AvgIpc) is 2.48. The van der Waals surface area contributed by atoms with E-state index >= 15 is 0 Å². The van der Waals surface area contributed by atoms with Gasteiger partial charge in [-0.05, 0) is 28.3 Å². The van der Waals surface area contributed by atoms with Gasteiger partial charge in [0.25, 0.3) is 0 Å². The Morgan fingerprint density at radius 3 is 2.42 bits per heavy atom. The molecule has 0 radical (unpaired) electrons. The monoisotopic (exact) mass is 255 g/mol. The number of carbonyl (C=O) groups is 1. The van der Waals surface area contributed by atoms with Crippen LogP contribution in [-0.4, -0.2) is 13.1 Å². The Bertz CT molecular complexity index is 561. The second-order valence-electron chi connectivity index (χ2n) is 4.35. The third-order valence-corrected chi connectivity index (χ3v) is 3.03. The molecule has 2 aromatic carbocycles. The van der Waals surface area contributed by atoms with Crippen molar-refractivity contribution in [3.8, 4) is 11.1 Å². The van der Waals surface area contributed by atoms with Crippen molar-refractivity contribution < 1.29 is 9.53 Å². The molecule has 0 unspecified atom stereocenters. The van der Waals surface area contributed by atoms with Crippen LogP contribution in [0.5, 0.6) is 0 Å². The number of hydrogen-bond donors (Lipinski definition) is 1. The third kappa shape index (κ3) is 3.42. The summed E-state index contributed by atoms with van der Waals surface area (Å²) in [5.41, 5.74) is 9.94. The van der Waals surface area contributed by atoms with E-state index in [4.69, 9.17) is 5.73 Å². The lowest BCUT2D eigenvalue weighted by atomic mass is 10.0. The van der Waals surface area contributed by atoms with Crippen LogP contribution in [-0.2, 0) is 22.5 Å². The summed E-state index contributed by atoms with van der Waals surface area (Å²) < 4.78 is 4.65. The Balaban J connectivity index is 2.19. The van der Waals surface area contributed by atoms with Crippen molar-refractivity contribution in [3.63, 3.8) is 0 Å². The van der Waals surface area contributed by atoms with Gasteiger partial charge in [0.1, 0.15) is 0 Å². The molecule has 0 amide bonds. The number of esters is 1. The highest BCUT2D eigenvalue weighted by Crippen LogP contribution is 2.21. The zero-order valence-corrected chi connectivity index (χ0v) is 10.9. The van der Waals surface area contributed by atoms with Crippen molar-refractivity contribution in [2.75, 3.05) is 7.11 Å². The molecule has 0 aliphatic heterocycles. The summed E-state index contributed by atoms with van der Waals surface area (Å²) in [7, 11) is 1.40. The fourth-order valence-electron chi connectivity index (χ4n) is 1.93. The van der Waals surface area contributed by atoms with Crippen LogP contribution in [0.1, 0.15) is 11.1 Å². The van der Waals surface area contributed by atoms with Gasteiger partial charge in [-0.2, -0.15) is 0 Å². The molecule has 0 aromatic heterocycles. The molecule has 0 heterocycles. The number of nitrogens with two attached hydrogens (primary N) is 1. The zero-order valence-electron chi connectivity index (χ0n) is 10.9. The van der Waals surface area contributed by atoms with E-state index in [1.54, 1.807) is 0 Å². The molecule has 0 spiro atoms. The highest BCUT2D eigenvalue weighted by Gasteiger charge is 2.03. The van der Waals surface area contributed by atoms with Gasteiger partial charge < -0.3 is 10.5 Å². The van der Waals surface area contributed by atoms with Gasteiger partial charge in [-0.15, -0.1) is 0 Å². The van der Waals surface area contributed by atoms with Crippen LogP contribution in [0.2, 0.25) is 0 Å². The van der Waals surface area contributed by atoms with E-state index in [-0.39, 0.29) is 5.97 Å². The number of methoxy groups -OCH3 is 1. The second kappa shape index (κ2) is 6.16.